The van der Waals surface area contributed by atoms with Crippen LogP contribution in [0.3, 0.4) is 0 Å². The SMILES string of the molecule is CCCc1cc(O)c(C/C=C(/C)CCC=C(C)C)c(O)c1. The molecule has 0 fully saturated rings. The fourth-order valence-electron chi connectivity index (χ4n) is 2.31. The molecule has 0 atom stereocenters. The van der Waals surface area contributed by atoms with Gasteiger partial charge in [0.05, 0.1) is 0 Å². The molecule has 1 aromatic rings. The van der Waals surface area contributed by atoms with Gasteiger partial charge in [-0.25, -0.2) is 0 Å². The minimum Gasteiger partial charge on any atom is -0.508 e. The van der Waals surface area contributed by atoms with E-state index in [1.165, 1.54) is 11.1 Å². The van der Waals surface area contributed by atoms with Gasteiger partial charge in [-0.1, -0.05) is 36.6 Å². The molecule has 2 heteroatoms. The van der Waals surface area contributed by atoms with E-state index in [1.807, 2.05) is 0 Å². The zero-order valence-corrected chi connectivity index (χ0v) is 13.7. The van der Waals surface area contributed by atoms with Crippen LogP contribution in [0.1, 0.15) is 58.1 Å². The second-order valence-corrected chi connectivity index (χ2v) is 5.94. The van der Waals surface area contributed by atoms with Crippen LogP contribution in [0.5, 0.6) is 11.5 Å². The van der Waals surface area contributed by atoms with Crippen LogP contribution in [0, 0.1) is 0 Å². The highest BCUT2D eigenvalue weighted by molar-refractivity contribution is 5.47. The van der Waals surface area contributed by atoms with Crippen molar-refractivity contribution >= 4 is 0 Å². The molecule has 21 heavy (non-hydrogen) atoms. The Morgan fingerprint density at radius 3 is 2.19 bits per heavy atom. The summed E-state index contributed by atoms with van der Waals surface area (Å²) in [6.45, 7) is 8.39. The van der Waals surface area contributed by atoms with Crippen molar-refractivity contribution in [1.29, 1.82) is 0 Å². The highest BCUT2D eigenvalue weighted by Gasteiger charge is 2.08. The van der Waals surface area contributed by atoms with E-state index in [-0.39, 0.29) is 11.5 Å². The average Bonchev–Trinajstić information content (AvgIpc) is 2.37. The van der Waals surface area contributed by atoms with Gasteiger partial charge in [-0.2, -0.15) is 0 Å². The lowest BCUT2D eigenvalue weighted by Crippen LogP contribution is -1.90. The predicted molar refractivity (Wildman–Crippen MR) is 89.9 cm³/mol. The van der Waals surface area contributed by atoms with Crippen LogP contribution in [-0.2, 0) is 12.8 Å². The highest BCUT2D eigenvalue weighted by Crippen LogP contribution is 2.30. The van der Waals surface area contributed by atoms with Gasteiger partial charge < -0.3 is 10.2 Å². The third kappa shape index (κ3) is 6.07. The van der Waals surface area contributed by atoms with Gasteiger partial charge in [-0.3, -0.25) is 0 Å². The number of phenols is 2. The highest BCUT2D eigenvalue weighted by atomic mass is 16.3. The van der Waals surface area contributed by atoms with E-state index in [0.29, 0.717) is 12.0 Å². The van der Waals surface area contributed by atoms with Crippen molar-refractivity contribution in [1.82, 2.24) is 0 Å². The molecule has 2 nitrogen and oxygen atoms in total. The molecular weight excluding hydrogens is 260 g/mol. The summed E-state index contributed by atoms with van der Waals surface area (Å²) in [5.74, 6) is 0.401. The maximum Gasteiger partial charge on any atom is 0.123 e. The third-order valence-corrected chi connectivity index (χ3v) is 3.55. The fraction of sp³-hybridized carbons (Fsp3) is 0.474. The normalized spacial score (nSPS) is 11.5. The lowest BCUT2D eigenvalue weighted by molar-refractivity contribution is 0.439. The number of rotatable bonds is 7. The van der Waals surface area contributed by atoms with Crippen LogP contribution in [0.4, 0.5) is 0 Å². The van der Waals surface area contributed by atoms with Crippen molar-refractivity contribution in [2.75, 3.05) is 0 Å². The molecule has 0 amide bonds. The molecule has 1 rings (SSSR count). The smallest absolute Gasteiger partial charge is 0.123 e. The van der Waals surface area contributed by atoms with E-state index in [9.17, 15) is 10.2 Å². The maximum absolute atomic E-state index is 10.1. The molecule has 116 valence electrons. The van der Waals surface area contributed by atoms with Crippen LogP contribution in [-0.4, -0.2) is 10.2 Å². The zero-order valence-electron chi connectivity index (χ0n) is 13.7. The van der Waals surface area contributed by atoms with E-state index < -0.39 is 0 Å². The minimum atomic E-state index is 0.201. The Hall–Kier alpha value is -1.70. The summed E-state index contributed by atoms with van der Waals surface area (Å²) in [5.41, 5.74) is 4.23. The molecule has 0 unspecified atom stereocenters. The van der Waals surface area contributed by atoms with Crippen molar-refractivity contribution in [2.45, 2.75) is 59.8 Å². The quantitative estimate of drug-likeness (QED) is 0.670. The molecule has 0 saturated carbocycles. The Morgan fingerprint density at radius 1 is 1.05 bits per heavy atom. The van der Waals surface area contributed by atoms with E-state index in [1.54, 1.807) is 12.1 Å². The molecule has 0 aliphatic carbocycles. The monoisotopic (exact) mass is 288 g/mol. The number of benzene rings is 1. The second kappa shape index (κ2) is 8.56. The van der Waals surface area contributed by atoms with E-state index in [2.05, 4.69) is 39.8 Å². The lowest BCUT2D eigenvalue weighted by atomic mass is 10.0. The first-order valence-corrected chi connectivity index (χ1v) is 7.76. The summed E-state index contributed by atoms with van der Waals surface area (Å²) in [4.78, 5) is 0. The molecule has 0 aliphatic heterocycles. The van der Waals surface area contributed by atoms with Crippen molar-refractivity contribution in [3.63, 3.8) is 0 Å². The van der Waals surface area contributed by atoms with Gasteiger partial charge in [0.15, 0.2) is 0 Å². The number of allylic oxidation sites excluding steroid dienone is 4. The van der Waals surface area contributed by atoms with Crippen LogP contribution in [0.15, 0.2) is 35.4 Å². The topological polar surface area (TPSA) is 40.5 Å². The summed E-state index contributed by atoms with van der Waals surface area (Å²) in [5, 5.41) is 20.1. The zero-order chi connectivity index (χ0) is 15.8. The van der Waals surface area contributed by atoms with Gasteiger partial charge in [0.25, 0.3) is 0 Å². The van der Waals surface area contributed by atoms with Crippen molar-refractivity contribution in [3.05, 3.63) is 46.6 Å². The Morgan fingerprint density at radius 2 is 1.67 bits per heavy atom. The molecule has 0 saturated heterocycles. The summed E-state index contributed by atoms with van der Waals surface area (Å²) >= 11 is 0. The van der Waals surface area contributed by atoms with Gasteiger partial charge in [0.2, 0.25) is 0 Å². The molecule has 0 radical (unpaired) electrons. The minimum absolute atomic E-state index is 0.201. The summed E-state index contributed by atoms with van der Waals surface area (Å²) in [6, 6.07) is 3.54. The Kier molecular flexibility index (Phi) is 7.07. The number of hydrogen-bond acceptors (Lipinski definition) is 2. The number of aromatic hydroxyl groups is 2. The van der Waals surface area contributed by atoms with Gasteiger partial charge >= 0.3 is 0 Å². The fourth-order valence-corrected chi connectivity index (χ4v) is 2.31. The summed E-state index contributed by atoms with van der Waals surface area (Å²) in [7, 11) is 0. The molecule has 0 aliphatic rings. The molecule has 2 N–H and O–H groups in total. The van der Waals surface area contributed by atoms with Gasteiger partial charge in [0.1, 0.15) is 11.5 Å². The van der Waals surface area contributed by atoms with Gasteiger partial charge in [-0.15, -0.1) is 0 Å². The first kappa shape index (κ1) is 17.4. The average molecular weight is 288 g/mol. The van der Waals surface area contributed by atoms with Crippen LogP contribution >= 0.6 is 0 Å². The molecular formula is C19H28O2. The molecule has 0 heterocycles. The maximum atomic E-state index is 10.1. The first-order chi connectivity index (χ1) is 9.93. The predicted octanol–water partition coefficient (Wildman–Crippen LogP) is 5.29. The molecule has 0 bridgehead atoms. The summed E-state index contributed by atoms with van der Waals surface area (Å²) in [6.07, 6.45) is 8.82. The van der Waals surface area contributed by atoms with Crippen LogP contribution in [0.25, 0.3) is 0 Å². The Bertz CT molecular complexity index is 497. The molecule has 0 aromatic heterocycles. The number of aryl methyl sites for hydroxylation is 1. The van der Waals surface area contributed by atoms with E-state index >= 15 is 0 Å². The Balaban J connectivity index is 2.72. The van der Waals surface area contributed by atoms with Gasteiger partial charge in [0, 0.05) is 5.56 Å². The molecule has 0 spiro atoms. The van der Waals surface area contributed by atoms with Crippen molar-refractivity contribution in [3.8, 4) is 11.5 Å². The van der Waals surface area contributed by atoms with Gasteiger partial charge in [-0.05, 0) is 64.2 Å². The van der Waals surface area contributed by atoms with Crippen LogP contribution < -0.4 is 0 Å². The largest absolute Gasteiger partial charge is 0.508 e. The first-order valence-electron chi connectivity index (χ1n) is 7.76. The van der Waals surface area contributed by atoms with Crippen molar-refractivity contribution in [2.24, 2.45) is 0 Å². The van der Waals surface area contributed by atoms with Crippen molar-refractivity contribution < 1.29 is 10.2 Å². The second-order valence-electron chi connectivity index (χ2n) is 5.94. The molecule has 1 aromatic carbocycles. The third-order valence-electron chi connectivity index (χ3n) is 3.55. The Labute approximate surface area is 128 Å². The summed E-state index contributed by atoms with van der Waals surface area (Å²) < 4.78 is 0. The van der Waals surface area contributed by atoms with Crippen LogP contribution in [0.2, 0.25) is 0 Å². The lowest BCUT2D eigenvalue weighted by Gasteiger charge is -2.09. The number of hydrogen-bond donors (Lipinski definition) is 2. The van der Waals surface area contributed by atoms with E-state index in [4.69, 9.17) is 0 Å². The van der Waals surface area contributed by atoms with E-state index in [0.717, 1.165) is 31.2 Å². The standard InChI is InChI=1S/C19H28O2/c1-5-7-16-12-18(20)17(19(21)13-16)11-10-15(4)9-6-8-14(2)3/h8,10,12-13,20-21H,5-7,9,11H2,1-4H3/b15-10-. The number of phenolic OH excluding ortho intramolecular Hbond substituents is 2.